The fourth-order valence-electron chi connectivity index (χ4n) is 4.47. The van der Waals surface area contributed by atoms with E-state index in [0.717, 1.165) is 30.8 Å². The maximum absolute atomic E-state index is 6.56. The van der Waals surface area contributed by atoms with E-state index in [1.54, 1.807) is 6.07 Å². The Kier molecular flexibility index (Phi) is 5.33. The van der Waals surface area contributed by atoms with Gasteiger partial charge in [-0.05, 0) is 49.9 Å². The first-order valence-electron chi connectivity index (χ1n) is 9.50. The number of benzene rings is 2. The first-order chi connectivity index (χ1) is 13.0. The molecule has 2 nitrogen and oxygen atoms in total. The second-order valence-corrected chi connectivity index (χ2v) is 8.37. The molecule has 0 saturated heterocycles. The first kappa shape index (κ1) is 19.0. The quantitative estimate of drug-likeness (QED) is 0.411. The Balaban J connectivity index is 1.73. The van der Waals surface area contributed by atoms with Crippen LogP contribution < -0.4 is 10.2 Å². The Morgan fingerprint density at radius 3 is 2.41 bits per heavy atom. The molecule has 0 spiro atoms. The highest BCUT2D eigenvalue weighted by Crippen LogP contribution is 2.55. The van der Waals surface area contributed by atoms with Gasteiger partial charge in [-0.3, -0.25) is 0 Å². The fraction of sp³-hybridized carbons (Fsp3) is 0.364. The molecule has 0 bridgehead atoms. The number of hydrogen-bond donors (Lipinski definition) is 1. The van der Waals surface area contributed by atoms with E-state index in [1.165, 1.54) is 11.3 Å². The lowest BCUT2D eigenvalue weighted by Gasteiger charge is -2.38. The molecule has 5 heteroatoms. The fourth-order valence-corrected chi connectivity index (χ4v) is 5.28. The number of nitrogens with one attached hydrogen (secondary N) is 1. The Labute approximate surface area is 176 Å². The second kappa shape index (κ2) is 7.58. The number of allylic oxidation sites excluding steroid dienone is 2. The molecule has 2 aromatic rings. The molecule has 0 amide bonds. The van der Waals surface area contributed by atoms with Gasteiger partial charge < -0.3 is 10.2 Å². The van der Waals surface area contributed by atoms with Crippen molar-refractivity contribution in [2.24, 2.45) is 5.92 Å². The van der Waals surface area contributed by atoms with Crippen LogP contribution in [0.15, 0.2) is 42.5 Å². The first-order valence-corrected chi connectivity index (χ1v) is 10.6. The van der Waals surface area contributed by atoms with Crippen LogP contribution in [0.5, 0.6) is 0 Å². The smallest absolute Gasteiger partial charge is 0.0656 e. The number of rotatable bonds is 4. The van der Waals surface area contributed by atoms with Crippen LogP contribution in [0.2, 0.25) is 15.1 Å². The molecule has 0 aromatic heterocycles. The van der Waals surface area contributed by atoms with E-state index >= 15 is 0 Å². The van der Waals surface area contributed by atoms with Crippen molar-refractivity contribution in [2.75, 3.05) is 23.3 Å². The van der Waals surface area contributed by atoms with Crippen LogP contribution in [-0.2, 0) is 0 Å². The van der Waals surface area contributed by atoms with E-state index < -0.39 is 0 Å². The summed E-state index contributed by atoms with van der Waals surface area (Å²) in [5, 5.41) is 5.43. The van der Waals surface area contributed by atoms with Crippen molar-refractivity contribution in [3.8, 4) is 0 Å². The summed E-state index contributed by atoms with van der Waals surface area (Å²) >= 11 is 19.4. The average molecular weight is 422 g/mol. The Bertz CT molecular complexity index is 872. The summed E-state index contributed by atoms with van der Waals surface area (Å²) in [4.78, 5) is 2.35. The topological polar surface area (TPSA) is 15.3 Å². The van der Waals surface area contributed by atoms with Gasteiger partial charge in [0.15, 0.2) is 0 Å². The molecule has 3 unspecified atom stereocenters. The zero-order chi connectivity index (χ0) is 19.1. The minimum Gasteiger partial charge on any atom is -0.376 e. The molecule has 142 valence electrons. The van der Waals surface area contributed by atoms with Crippen molar-refractivity contribution in [2.45, 2.75) is 32.2 Å². The molecular formula is C22H23Cl3N2. The van der Waals surface area contributed by atoms with Gasteiger partial charge in [-0.1, -0.05) is 59.1 Å². The summed E-state index contributed by atoms with van der Waals surface area (Å²) in [5.74, 6) is 0.640. The van der Waals surface area contributed by atoms with Gasteiger partial charge >= 0.3 is 0 Å². The number of nitrogens with zero attached hydrogens (tertiary/aromatic N) is 1. The lowest BCUT2D eigenvalue weighted by molar-refractivity contribution is 0.426. The maximum Gasteiger partial charge on any atom is 0.0656 e. The zero-order valence-corrected chi connectivity index (χ0v) is 17.7. The highest BCUT2D eigenvalue weighted by atomic mass is 35.5. The summed E-state index contributed by atoms with van der Waals surface area (Å²) in [7, 11) is 0. The maximum atomic E-state index is 6.56. The van der Waals surface area contributed by atoms with Crippen molar-refractivity contribution in [3.05, 3.63) is 68.7 Å². The minimum atomic E-state index is 0.193. The van der Waals surface area contributed by atoms with Gasteiger partial charge in [0.25, 0.3) is 0 Å². The molecule has 2 aromatic carbocycles. The van der Waals surface area contributed by atoms with E-state index in [2.05, 4.69) is 60.5 Å². The highest BCUT2D eigenvalue weighted by Gasteiger charge is 2.40. The van der Waals surface area contributed by atoms with Gasteiger partial charge in [-0.15, -0.1) is 0 Å². The Morgan fingerprint density at radius 2 is 1.74 bits per heavy atom. The van der Waals surface area contributed by atoms with Crippen molar-refractivity contribution < 1.29 is 0 Å². The zero-order valence-electron chi connectivity index (χ0n) is 15.5. The van der Waals surface area contributed by atoms with Crippen LogP contribution in [0.1, 0.15) is 43.4 Å². The van der Waals surface area contributed by atoms with Gasteiger partial charge in [0, 0.05) is 30.3 Å². The van der Waals surface area contributed by atoms with Crippen molar-refractivity contribution in [3.63, 3.8) is 0 Å². The summed E-state index contributed by atoms with van der Waals surface area (Å²) in [5.41, 5.74) is 4.48. The normalized spacial score (nSPS) is 22.9. The number of hydrogen-bond acceptors (Lipinski definition) is 2. The van der Waals surface area contributed by atoms with E-state index in [4.69, 9.17) is 34.8 Å². The lowest BCUT2D eigenvalue weighted by atomic mass is 9.77. The molecule has 0 saturated carbocycles. The van der Waals surface area contributed by atoms with Crippen LogP contribution >= 0.6 is 34.8 Å². The molecule has 1 aliphatic heterocycles. The van der Waals surface area contributed by atoms with Gasteiger partial charge in [-0.25, -0.2) is 0 Å². The average Bonchev–Trinajstić information content (AvgIpc) is 3.16. The van der Waals surface area contributed by atoms with E-state index in [0.29, 0.717) is 21.0 Å². The molecule has 1 aliphatic carbocycles. The predicted octanol–water partition coefficient (Wildman–Crippen LogP) is 7.32. The molecule has 1 heterocycles. The van der Waals surface area contributed by atoms with Gasteiger partial charge in [-0.2, -0.15) is 0 Å². The van der Waals surface area contributed by atoms with Crippen molar-refractivity contribution >= 4 is 46.2 Å². The van der Waals surface area contributed by atoms with Crippen LogP contribution in [0, 0.1) is 5.92 Å². The molecule has 0 radical (unpaired) electrons. The third kappa shape index (κ3) is 3.22. The summed E-state index contributed by atoms with van der Waals surface area (Å²) in [6.45, 7) is 6.38. The second-order valence-electron chi connectivity index (χ2n) is 7.18. The van der Waals surface area contributed by atoms with Gasteiger partial charge in [0.1, 0.15) is 0 Å². The molecular weight excluding hydrogens is 399 g/mol. The molecule has 3 atom stereocenters. The standard InChI is InChI=1S/C22H23Cl3N2/c1-3-27(4-2)14-10-8-13(9-11-14)21-16-7-5-6-15(16)19-20(25)17(23)12-18(24)22(19)26-21/h5-6,8-12,15-16,21,26H,3-4,7H2,1-2H3. The molecule has 27 heavy (non-hydrogen) atoms. The number of fused-ring (bicyclic) bond motifs is 3. The van der Waals surface area contributed by atoms with Crippen molar-refractivity contribution in [1.29, 1.82) is 0 Å². The van der Waals surface area contributed by atoms with Crippen LogP contribution in [0.3, 0.4) is 0 Å². The van der Waals surface area contributed by atoms with Crippen LogP contribution in [0.25, 0.3) is 0 Å². The van der Waals surface area contributed by atoms with E-state index in [-0.39, 0.29) is 12.0 Å². The highest BCUT2D eigenvalue weighted by molar-refractivity contribution is 6.44. The molecule has 0 fully saturated rings. The Hall–Kier alpha value is -1.35. The predicted molar refractivity (Wildman–Crippen MR) is 118 cm³/mol. The summed E-state index contributed by atoms with van der Waals surface area (Å²) in [6.07, 6.45) is 5.51. The number of anilines is 2. The monoisotopic (exact) mass is 420 g/mol. The van der Waals surface area contributed by atoms with E-state index in [9.17, 15) is 0 Å². The lowest BCUT2D eigenvalue weighted by Crippen LogP contribution is -2.29. The third-order valence-corrected chi connectivity index (χ3v) is 6.96. The van der Waals surface area contributed by atoms with Gasteiger partial charge in [0.05, 0.1) is 26.8 Å². The molecule has 4 rings (SSSR count). The molecule has 2 aliphatic rings. The van der Waals surface area contributed by atoms with Gasteiger partial charge in [0.2, 0.25) is 0 Å². The third-order valence-electron chi connectivity index (χ3n) is 5.86. The number of halogens is 3. The van der Waals surface area contributed by atoms with Crippen molar-refractivity contribution in [1.82, 2.24) is 0 Å². The summed E-state index contributed by atoms with van der Waals surface area (Å²) in [6, 6.07) is 10.8. The summed E-state index contributed by atoms with van der Waals surface area (Å²) < 4.78 is 0. The molecule has 1 N–H and O–H groups in total. The largest absolute Gasteiger partial charge is 0.376 e. The SMILES string of the molecule is CCN(CC)c1ccc(C2Nc3c(Cl)cc(Cl)c(Cl)c3C3C=CCC32)cc1. The minimum absolute atomic E-state index is 0.193. The van der Waals surface area contributed by atoms with E-state index in [1.807, 2.05) is 0 Å². The van der Waals surface area contributed by atoms with Crippen LogP contribution in [0.4, 0.5) is 11.4 Å². The Morgan fingerprint density at radius 1 is 1.04 bits per heavy atom. The van der Waals surface area contributed by atoms with Crippen LogP contribution in [-0.4, -0.2) is 13.1 Å².